The van der Waals surface area contributed by atoms with Crippen molar-refractivity contribution in [2.24, 2.45) is 0 Å². The fourth-order valence-corrected chi connectivity index (χ4v) is 4.51. The fraction of sp³-hybridized carbons (Fsp3) is 0.364. The Bertz CT molecular complexity index is 889. The highest BCUT2D eigenvalue weighted by Gasteiger charge is 2.30. The van der Waals surface area contributed by atoms with E-state index in [2.05, 4.69) is 5.32 Å². The maximum atomic E-state index is 12.2. The van der Waals surface area contributed by atoms with Gasteiger partial charge in [0.15, 0.2) is 0 Å². The lowest BCUT2D eigenvalue weighted by Crippen LogP contribution is -2.43. The quantitative estimate of drug-likeness (QED) is 0.520. The van der Waals surface area contributed by atoms with E-state index < -0.39 is 30.7 Å². The first kappa shape index (κ1) is 23.0. The average Bonchev–Trinajstić information content (AvgIpc) is 3.04. The molecule has 1 unspecified atom stereocenters. The molecule has 0 radical (unpaired) electrons. The number of amides is 1. The van der Waals surface area contributed by atoms with Crippen LogP contribution < -0.4 is 5.32 Å². The zero-order valence-corrected chi connectivity index (χ0v) is 17.3. The second-order valence-electron chi connectivity index (χ2n) is 7.15. The van der Waals surface area contributed by atoms with Crippen LogP contribution in [-0.4, -0.2) is 47.5 Å². The highest BCUT2D eigenvalue weighted by Crippen LogP contribution is 2.44. The summed E-state index contributed by atoms with van der Waals surface area (Å²) in [7, 11) is 0. The molecule has 0 aliphatic heterocycles. The minimum atomic E-state index is -4.23. The van der Waals surface area contributed by atoms with Gasteiger partial charge in [0, 0.05) is 18.1 Å². The second kappa shape index (κ2) is 10.1. The Morgan fingerprint density at radius 2 is 1.65 bits per heavy atom. The molecule has 0 fully saturated rings. The molecule has 1 aliphatic carbocycles. The zero-order chi connectivity index (χ0) is 22.4. The fourth-order valence-electron chi connectivity index (χ4n) is 3.53. The summed E-state index contributed by atoms with van der Waals surface area (Å²) < 4.78 is 41.8. The van der Waals surface area contributed by atoms with Crippen LogP contribution in [0, 0.1) is 0 Å². The molecule has 3 rings (SSSR count). The first-order valence-electron chi connectivity index (χ1n) is 9.75. The molecule has 1 atom stereocenters. The van der Waals surface area contributed by atoms with Gasteiger partial charge in [0.2, 0.25) is 0 Å². The number of ether oxygens (including phenoxy) is 1. The topological polar surface area (TPSA) is 75.6 Å². The number of rotatable bonds is 9. The Kier molecular flexibility index (Phi) is 7.48. The molecule has 0 heterocycles. The Hall–Kier alpha value is -2.68. The van der Waals surface area contributed by atoms with Crippen molar-refractivity contribution < 1.29 is 32.6 Å². The number of nitrogens with one attached hydrogen (secondary N) is 1. The van der Waals surface area contributed by atoms with Crippen LogP contribution in [0.15, 0.2) is 48.5 Å². The number of carbonyl (C=O) groups excluding carboxylic acids is 1. The van der Waals surface area contributed by atoms with Crippen LogP contribution in [0.3, 0.4) is 0 Å². The molecule has 2 aromatic carbocycles. The predicted octanol–water partition coefficient (Wildman–Crippen LogP) is 5.05. The molecular weight excluding hydrogens is 431 g/mol. The Morgan fingerprint density at radius 3 is 2.19 bits per heavy atom. The van der Waals surface area contributed by atoms with Crippen LogP contribution in [0.5, 0.6) is 0 Å². The van der Waals surface area contributed by atoms with Gasteiger partial charge in [-0.15, -0.1) is 0 Å². The van der Waals surface area contributed by atoms with Crippen molar-refractivity contribution >= 4 is 23.8 Å². The van der Waals surface area contributed by atoms with Crippen molar-refractivity contribution in [2.75, 3.05) is 18.1 Å². The molecule has 1 aliphatic rings. The zero-order valence-electron chi connectivity index (χ0n) is 16.5. The number of fused-ring (bicyclic) bond motifs is 3. The van der Waals surface area contributed by atoms with Crippen LogP contribution in [0.25, 0.3) is 11.1 Å². The van der Waals surface area contributed by atoms with E-state index in [0.29, 0.717) is 0 Å². The van der Waals surface area contributed by atoms with Crippen molar-refractivity contribution in [3.05, 3.63) is 59.7 Å². The van der Waals surface area contributed by atoms with E-state index in [-0.39, 0.29) is 30.5 Å². The molecule has 0 saturated carbocycles. The molecule has 0 spiro atoms. The largest absolute Gasteiger partial charge is 0.480 e. The maximum Gasteiger partial charge on any atom is 0.407 e. The lowest BCUT2D eigenvalue weighted by atomic mass is 9.98. The molecule has 1 amide bonds. The first-order chi connectivity index (χ1) is 14.8. The van der Waals surface area contributed by atoms with Gasteiger partial charge in [-0.05, 0) is 34.4 Å². The summed E-state index contributed by atoms with van der Waals surface area (Å²) in [5.41, 5.74) is 4.22. The number of aliphatic carboxylic acids is 1. The molecule has 5 nitrogen and oxygen atoms in total. The van der Waals surface area contributed by atoms with E-state index in [0.717, 1.165) is 34.0 Å². The maximum absolute atomic E-state index is 12.2. The van der Waals surface area contributed by atoms with Crippen molar-refractivity contribution in [2.45, 2.75) is 31.0 Å². The van der Waals surface area contributed by atoms with Gasteiger partial charge in [-0.1, -0.05) is 48.5 Å². The smallest absolute Gasteiger partial charge is 0.407 e. The van der Waals surface area contributed by atoms with Crippen LogP contribution in [0.2, 0.25) is 0 Å². The summed E-state index contributed by atoms with van der Waals surface area (Å²) in [4.78, 5) is 23.6. The number of hydrogen-bond donors (Lipinski definition) is 2. The van der Waals surface area contributed by atoms with Gasteiger partial charge in [-0.2, -0.15) is 24.9 Å². The number of alkyl carbamates (subject to hydrolysis) is 1. The summed E-state index contributed by atoms with van der Waals surface area (Å²) >= 11 is 1.05. The molecule has 9 heteroatoms. The number of alkyl halides is 3. The van der Waals surface area contributed by atoms with E-state index in [4.69, 9.17) is 4.74 Å². The number of carbonyl (C=O) groups is 2. The minimum Gasteiger partial charge on any atom is -0.480 e. The number of benzene rings is 2. The van der Waals surface area contributed by atoms with Crippen molar-refractivity contribution in [1.29, 1.82) is 0 Å². The van der Waals surface area contributed by atoms with Gasteiger partial charge in [-0.25, -0.2) is 9.59 Å². The normalized spacial score (nSPS) is 13.9. The van der Waals surface area contributed by atoms with E-state index in [1.54, 1.807) is 0 Å². The van der Waals surface area contributed by atoms with E-state index in [9.17, 15) is 27.9 Å². The van der Waals surface area contributed by atoms with Crippen molar-refractivity contribution in [1.82, 2.24) is 5.32 Å². The summed E-state index contributed by atoms with van der Waals surface area (Å²) in [5, 5.41) is 11.6. The lowest BCUT2D eigenvalue weighted by molar-refractivity contribution is -0.139. The molecule has 0 bridgehead atoms. The van der Waals surface area contributed by atoms with E-state index in [1.807, 2.05) is 48.5 Å². The van der Waals surface area contributed by atoms with Gasteiger partial charge in [0.05, 0.1) is 0 Å². The summed E-state index contributed by atoms with van der Waals surface area (Å²) in [6.07, 6.45) is -6.12. The van der Waals surface area contributed by atoms with Gasteiger partial charge in [-0.3, -0.25) is 0 Å². The van der Waals surface area contributed by atoms with Crippen molar-refractivity contribution in [3.63, 3.8) is 0 Å². The van der Waals surface area contributed by atoms with E-state index in [1.165, 1.54) is 0 Å². The third-order valence-corrected chi connectivity index (χ3v) is 6.11. The third kappa shape index (κ3) is 6.16. The van der Waals surface area contributed by atoms with Gasteiger partial charge >= 0.3 is 18.2 Å². The van der Waals surface area contributed by atoms with Crippen molar-refractivity contribution in [3.8, 4) is 11.1 Å². The molecule has 0 saturated heterocycles. The van der Waals surface area contributed by atoms with E-state index >= 15 is 0 Å². The summed E-state index contributed by atoms with van der Waals surface area (Å²) in [6, 6.07) is 14.4. The molecule has 166 valence electrons. The van der Waals surface area contributed by atoms with Crippen LogP contribution >= 0.6 is 11.8 Å². The summed E-state index contributed by atoms with van der Waals surface area (Å²) in [5.74, 6) is -1.32. The monoisotopic (exact) mass is 453 g/mol. The van der Waals surface area contributed by atoms with Crippen LogP contribution in [-0.2, 0) is 9.53 Å². The number of hydrogen-bond acceptors (Lipinski definition) is 4. The van der Waals surface area contributed by atoms with Gasteiger partial charge in [0.25, 0.3) is 0 Å². The minimum absolute atomic E-state index is 0.0443. The molecule has 2 aromatic rings. The Morgan fingerprint density at radius 1 is 1.06 bits per heavy atom. The van der Waals surface area contributed by atoms with Gasteiger partial charge < -0.3 is 15.2 Å². The second-order valence-corrected chi connectivity index (χ2v) is 8.30. The number of halogens is 3. The highest BCUT2D eigenvalue weighted by molar-refractivity contribution is 7.99. The number of thioether (sulfide) groups is 1. The summed E-state index contributed by atoms with van der Waals surface area (Å²) in [6.45, 7) is 0.0466. The van der Waals surface area contributed by atoms with Crippen LogP contribution in [0.4, 0.5) is 18.0 Å². The number of carboxylic acid groups (broad SMARTS) is 1. The van der Waals surface area contributed by atoms with Crippen LogP contribution in [0.1, 0.15) is 29.9 Å². The first-order valence-corrected chi connectivity index (χ1v) is 10.9. The lowest BCUT2D eigenvalue weighted by Gasteiger charge is -2.17. The third-order valence-electron chi connectivity index (χ3n) is 4.97. The molecular formula is C22H22F3NO4S. The highest BCUT2D eigenvalue weighted by atomic mass is 32.2. The molecule has 31 heavy (non-hydrogen) atoms. The molecule has 0 aromatic heterocycles. The number of carboxylic acids is 1. The predicted molar refractivity (Wildman–Crippen MR) is 112 cm³/mol. The SMILES string of the molecule is O=C(NC(CSCCCC(F)(F)F)C(=O)O)OCC1c2ccccc2-c2ccccc21. The molecule has 2 N–H and O–H groups in total. The Labute approximate surface area is 182 Å². The Balaban J connectivity index is 1.52. The average molecular weight is 453 g/mol. The standard InChI is InChI=1S/C22H22F3NO4S/c23-22(24,25)10-5-11-31-13-19(20(27)28)26-21(29)30-12-18-16-8-3-1-6-14(16)15-7-2-4-9-17(15)18/h1-4,6-9,18-19H,5,10-13H2,(H,26,29)(H,27,28). The van der Waals surface area contributed by atoms with Gasteiger partial charge in [0.1, 0.15) is 12.6 Å².